The van der Waals surface area contributed by atoms with Crippen LogP contribution in [0.3, 0.4) is 0 Å². The summed E-state index contributed by atoms with van der Waals surface area (Å²) in [7, 11) is 1.53. The first-order valence-corrected chi connectivity index (χ1v) is 17.0. The highest BCUT2D eigenvalue weighted by Gasteiger charge is 2.33. The SMILES string of the molecule is CCOc1ccc(-n2c(CNC(=O)c3ccccc3OC)nnc2SCC(=O)N2N=C(c3cccs3)C[C@@H]2c2ccc(C)cc2)cc1. The number of methoxy groups -OCH3 is 1. The van der Waals surface area contributed by atoms with Crippen molar-refractivity contribution < 1.29 is 19.1 Å². The van der Waals surface area contributed by atoms with E-state index in [4.69, 9.17) is 14.6 Å². The maximum absolute atomic E-state index is 13.8. The molecule has 2 amide bonds. The van der Waals surface area contributed by atoms with Gasteiger partial charge in [0.25, 0.3) is 11.8 Å². The summed E-state index contributed by atoms with van der Waals surface area (Å²) < 4.78 is 12.8. The average molecular weight is 667 g/mol. The van der Waals surface area contributed by atoms with Gasteiger partial charge in [-0.3, -0.25) is 14.2 Å². The van der Waals surface area contributed by atoms with Crippen LogP contribution in [0, 0.1) is 6.92 Å². The number of hydrazone groups is 1. The van der Waals surface area contributed by atoms with Crippen molar-refractivity contribution in [2.24, 2.45) is 5.10 Å². The fourth-order valence-electron chi connectivity index (χ4n) is 5.28. The Kier molecular flexibility index (Phi) is 9.98. The van der Waals surface area contributed by atoms with Crippen LogP contribution in [0.1, 0.15) is 51.6 Å². The van der Waals surface area contributed by atoms with Gasteiger partial charge in [0.1, 0.15) is 11.5 Å². The van der Waals surface area contributed by atoms with Gasteiger partial charge in [0, 0.05) is 12.1 Å². The largest absolute Gasteiger partial charge is 0.496 e. The Balaban J connectivity index is 1.25. The Morgan fingerprint density at radius 1 is 1.00 bits per heavy atom. The maximum atomic E-state index is 13.8. The molecule has 12 heteroatoms. The summed E-state index contributed by atoms with van der Waals surface area (Å²) in [4.78, 5) is 28.0. The first kappa shape index (κ1) is 32.0. The molecular weight excluding hydrogens is 633 g/mol. The van der Waals surface area contributed by atoms with Crippen LogP contribution >= 0.6 is 23.1 Å². The zero-order chi connectivity index (χ0) is 32.8. The summed E-state index contributed by atoms with van der Waals surface area (Å²) >= 11 is 2.89. The van der Waals surface area contributed by atoms with Gasteiger partial charge in [-0.05, 0) is 67.3 Å². The lowest BCUT2D eigenvalue weighted by Gasteiger charge is -2.22. The minimum Gasteiger partial charge on any atom is -0.496 e. The fourth-order valence-corrected chi connectivity index (χ4v) is 6.83. The number of benzene rings is 3. The number of ether oxygens (including phenoxy) is 2. The summed E-state index contributed by atoms with van der Waals surface area (Å²) in [5.74, 6) is 1.36. The molecule has 240 valence electrons. The van der Waals surface area contributed by atoms with Gasteiger partial charge in [-0.1, -0.05) is 59.8 Å². The van der Waals surface area contributed by atoms with Gasteiger partial charge < -0.3 is 14.8 Å². The molecule has 1 atom stereocenters. The highest BCUT2D eigenvalue weighted by atomic mass is 32.2. The normalized spacial score (nSPS) is 14.1. The summed E-state index contributed by atoms with van der Waals surface area (Å²) in [6.45, 7) is 4.62. The third-order valence-corrected chi connectivity index (χ3v) is 9.46. The molecule has 6 rings (SSSR count). The molecular formula is C35H34N6O4S2. The number of hydrogen-bond donors (Lipinski definition) is 1. The fraction of sp³-hybridized carbons (Fsp3) is 0.229. The van der Waals surface area contributed by atoms with Crippen molar-refractivity contribution in [2.45, 2.75) is 38.0 Å². The van der Waals surface area contributed by atoms with Crippen LogP contribution in [0.25, 0.3) is 5.69 Å². The number of nitrogens with one attached hydrogen (secondary N) is 1. The molecule has 3 aromatic carbocycles. The van der Waals surface area contributed by atoms with Crippen LogP contribution in [-0.2, 0) is 11.3 Å². The monoisotopic (exact) mass is 666 g/mol. The van der Waals surface area contributed by atoms with Gasteiger partial charge >= 0.3 is 0 Å². The molecule has 0 unspecified atom stereocenters. The number of aromatic nitrogens is 3. The van der Waals surface area contributed by atoms with Crippen molar-refractivity contribution in [1.29, 1.82) is 0 Å². The molecule has 0 saturated carbocycles. The van der Waals surface area contributed by atoms with Crippen molar-refractivity contribution in [3.8, 4) is 17.2 Å². The minimum absolute atomic E-state index is 0.0896. The minimum atomic E-state index is -0.302. The second kappa shape index (κ2) is 14.7. The molecule has 5 aromatic rings. The second-order valence-electron chi connectivity index (χ2n) is 10.7. The highest BCUT2D eigenvalue weighted by molar-refractivity contribution is 7.99. The van der Waals surface area contributed by atoms with Gasteiger partial charge in [-0.25, -0.2) is 5.01 Å². The van der Waals surface area contributed by atoms with Crippen LogP contribution < -0.4 is 14.8 Å². The van der Waals surface area contributed by atoms with Gasteiger partial charge in [0.2, 0.25) is 0 Å². The molecule has 0 saturated heterocycles. The number of amides is 2. The van der Waals surface area contributed by atoms with Crippen molar-refractivity contribution in [3.63, 3.8) is 0 Å². The summed E-state index contributed by atoms with van der Waals surface area (Å²) in [6.07, 6.45) is 0.637. The number of aryl methyl sites for hydroxylation is 1. The number of para-hydroxylation sites is 1. The number of nitrogens with zero attached hydrogens (tertiary/aromatic N) is 5. The number of rotatable bonds is 12. The summed E-state index contributed by atoms with van der Waals surface area (Å²) in [6, 6.07) is 26.6. The van der Waals surface area contributed by atoms with Crippen molar-refractivity contribution in [2.75, 3.05) is 19.5 Å². The van der Waals surface area contributed by atoms with E-state index in [1.807, 2.05) is 66.3 Å². The Bertz CT molecular complexity index is 1870. The van der Waals surface area contributed by atoms with E-state index in [1.165, 1.54) is 18.9 Å². The molecule has 0 spiro atoms. The summed E-state index contributed by atoms with van der Waals surface area (Å²) in [5.41, 5.74) is 4.28. The molecule has 0 aliphatic carbocycles. The van der Waals surface area contributed by atoms with E-state index in [0.29, 0.717) is 35.3 Å². The van der Waals surface area contributed by atoms with E-state index in [1.54, 1.807) is 34.5 Å². The van der Waals surface area contributed by atoms with Gasteiger partial charge in [-0.2, -0.15) is 5.10 Å². The number of carbonyl (C=O) groups excluding carboxylic acids is 2. The predicted octanol–water partition coefficient (Wildman–Crippen LogP) is 6.44. The van der Waals surface area contributed by atoms with Crippen LogP contribution in [-0.4, -0.2) is 56.8 Å². The molecule has 3 heterocycles. The molecule has 1 aliphatic rings. The molecule has 1 aliphatic heterocycles. The third kappa shape index (κ3) is 7.23. The quantitative estimate of drug-likeness (QED) is 0.153. The highest BCUT2D eigenvalue weighted by Crippen LogP contribution is 2.35. The van der Waals surface area contributed by atoms with Crippen molar-refractivity contribution in [3.05, 3.63) is 118 Å². The standard InChI is InChI=1S/C35H34N6O4S2/c1-4-45-26-17-15-25(16-18-26)40-32(21-36-34(43)27-8-5-6-9-30(27)44-3)37-38-35(40)47-22-33(42)41-29(24-13-11-23(2)12-14-24)20-28(39-41)31-10-7-19-46-31/h5-19,29H,4,20-22H2,1-3H3,(H,36,43)/t29-/m1/s1. The Labute approximate surface area is 281 Å². The third-order valence-electron chi connectivity index (χ3n) is 7.62. The second-order valence-corrected chi connectivity index (χ2v) is 12.6. The zero-order valence-electron chi connectivity index (χ0n) is 26.3. The van der Waals surface area contributed by atoms with Gasteiger partial charge in [-0.15, -0.1) is 21.5 Å². The number of hydrogen-bond acceptors (Lipinski definition) is 9. The van der Waals surface area contributed by atoms with Gasteiger partial charge in [0.15, 0.2) is 11.0 Å². The smallest absolute Gasteiger partial charge is 0.255 e. The lowest BCUT2D eigenvalue weighted by Crippen LogP contribution is -2.28. The van der Waals surface area contributed by atoms with E-state index in [-0.39, 0.29) is 30.2 Å². The molecule has 2 aromatic heterocycles. The lowest BCUT2D eigenvalue weighted by atomic mass is 10.00. The first-order chi connectivity index (χ1) is 22.9. The Morgan fingerprint density at radius 3 is 2.51 bits per heavy atom. The van der Waals surface area contributed by atoms with E-state index in [2.05, 4.69) is 39.8 Å². The molecule has 0 fully saturated rings. The molecule has 10 nitrogen and oxygen atoms in total. The average Bonchev–Trinajstić information content (AvgIpc) is 3.87. The van der Waals surface area contributed by atoms with Crippen molar-refractivity contribution in [1.82, 2.24) is 25.1 Å². The van der Waals surface area contributed by atoms with Crippen LogP contribution in [0.15, 0.2) is 101 Å². The van der Waals surface area contributed by atoms with E-state index in [0.717, 1.165) is 33.2 Å². The molecule has 47 heavy (non-hydrogen) atoms. The molecule has 0 radical (unpaired) electrons. The van der Waals surface area contributed by atoms with E-state index in [9.17, 15) is 9.59 Å². The number of thiophene rings is 1. The van der Waals surface area contributed by atoms with E-state index >= 15 is 0 Å². The Morgan fingerprint density at radius 2 is 1.79 bits per heavy atom. The van der Waals surface area contributed by atoms with Crippen LogP contribution in [0.4, 0.5) is 0 Å². The predicted molar refractivity (Wildman–Crippen MR) is 184 cm³/mol. The molecule has 1 N–H and O–H groups in total. The zero-order valence-corrected chi connectivity index (χ0v) is 27.9. The maximum Gasteiger partial charge on any atom is 0.255 e. The number of thioether (sulfide) groups is 1. The topological polar surface area (TPSA) is 111 Å². The first-order valence-electron chi connectivity index (χ1n) is 15.2. The van der Waals surface area contributed by atoms with Crippen molar-refractivity contribution >= 4 is 40.6 Å². The van der Waals surface area contributed by atoms with Crippen LogP contribution in [0.5, 0.6) is 11.5 Å². The number of carbonyl (C=O) groups is 2. The molecule has 0 bridgehead atoms. The summed E-state index contributed by atoms with van der Waals surface area (Å²) in [5, 5.41) is 20.7. The Hall–Kier alpha value is -4.94. The van der Waals surface area contributed by atoms with E-state index < -0.39 is 0 Å². The van der Waals surface area contributed by atoms with Crippen LogP contribution in [0.2, 0.25) is 0 Å². The lowest BCUT2D eigenvalue weighted by molar-refractivity contribution is -0.130. The van der Waals surface area contributed by atoms with Gasteiger partial charge in [0.05, 0.1) is 48.2 Å².